The summed E-state index contributed by atoms with van der Waals surface area (Å²) in [6.45, 7) is 12.0. The topological polar surface area (TPSA) is 35.0 Å². The van der Waals surface area contributed by atoms with E-state index in [1.54, 1.807) is 0 Å². The molecule has 0 heterocycles. The number of halogens is 1. The fraction of sp³-hybridized carbons (Fsp3) is 0. The molecule has 0 aromatic rings. The predicted molar refractivity (Wildman–Crippen MR) is 34.8 cm³/mol. The Morgan fingerprint density at radius 1 is 0.667 bits per heavy atom. The van der Waals surface area contributed by atoms with E-state index in [1.807, 2.05) is 0 Å². The van der Waals surface area contributed by atoms with E-state index in [9.17, 15) is 0 Å². The lowest BCUT2D eigenvalue weighted by atomic mass is 11.3. The van der Waals surface area contributed by atoms with E-state index in [4.69, 9.17) is 0 Å². The molecule has 2 heteroatoms. The second kappa shape index (κ2) is 903. The van der Waals surface area contributed by atoms with Crippen LogP contribution < -0.4 is 6.15 Å². The summed E-state index contributed by atoms with van der Waals surface area (Å²) < 4.78 is 0. The summed E-state index contributed by atoms with van der Waals surface area (Å²) in [7, 11) is 0. The molecular weight excluding hydrogens is 97.5 g/mol. The van der Waals surface area contributed by atoms with Gasteiger partial charge in [0, 0.05) is 0 Å². The molecule has 0 spiro atoms. The van der Waals surface area contributed by atoms with Crippen molar-refractivity contribution in [3.05, 3.63) is 26.3 Å². The first-order valence-electron chi connectivity index (χ1n) is 1.000. The van der Waals surface area contributed by atoms with Crippen molar-refractivity contribution in [3.63, 3.8) is 0 Å². The molecule has 3 N–H and O–H groups in total. The number of hydrogen-bond donors (Lipinski definition) is 1. The summed E-state index contributed by atoms with van der Waals surface area (Å²) >= 11 is 0. The average molecular weight is 110 g/mol. The standard InChI is InChI=1S/2C2H4.ClH.H3N/c2*1-2;;/h2*1-2H2;1H;1H3. The quantitative estimate of drug-likeness (QED) is 0.476. The molecular formula is C4H12ClN. The third kappa shape index (κ3) is 381. The van der Waals surface area contributed by atoms with Crippen molar-refractivity contribution in [2.24, 2.45) is 0 Å². The highest BCUT2D eigenvalue weighted by Gasteiger charge is 0.603. The van der Waals surface area contributed by atoms with Crippen molar-refractivity contribution >= 4 is 12.4 Å². The van der Waals surface area contributed by atoms with Gasteiger partial charge < -0.3 is 6.15 Å². The Morgan fingerprint density at radius 3 is 0.667 bits per heavy atom. The first-order chi connectivity index (χ1) is 2.00. The van der Waals surface area contributed by atoms with Crippen LogP contribution in [0.2, 0.25) is 0 Å². The summed E-state index contributed by atoms with van der Waals surface area (Å²) in [5, 5.41) is 0. The first kappa shape index (κ1) is 42.8. The fourth-order valence-electron chi connectivity index (χ4n) is 0. The van der Waals surface area contributed by atoms with Gasteiger partial charge in [-0.25, -0.2) is 0 Å². The molecule has 0 aliphatic rings. The monoisotopic (exact) mass is 109 g/mol. The van der Waals surface area contributed by atoms with Gasteiger partial charge in [0.25, 0.3) is 0 Å². The molecule has 1 nitrogen and oxygen atoms in total. The van der Waals surface area contributed by atoms with E-state index in [2.05, 4.69) is 26.3 Å². The highest BCUT2D eigenvalue weighted by atomic mass is 35.5. The van der Waals surface area contributed by atoms with E-state index < -0.39 is 0 Å². The van der Waals surface area contributed by atoms with Crippen LogP contribution in [0.25, 0.3) is 0 Å². The second-order valence-electron chi connectivity index (χ2n) is 0. The highest BCUT2D eigenvalue weighted by Crippen LogP contribution is 0.864. The van der Waals surface area contributed by atoms with Crippen molar-refractivity contribution in [3.8, 4) is 0 Å². The largest absolute Gasteiger partial charge is 0.344 e. The molecule has 0 rings (SSSR count). The Kier molecular flexibility index (Phi) is 6440. The van der Waals surface area contributed by atoms with Crippen LogP contribution in [0.15, 0.2) is 26.3 Å². The Bertz CT molecular complexity index is 9.51. The van der Waals surface area contributed by atoms with Gasteiger partial charge in [0.05, 0.1) is 0 Å². The van der Waals surface area contributed by atoms with E-state index in [0.29, 0.717) is 0 Å². The van der Waals surface area contributed by atoms with Crippen LogP contribution in [-0.4, -0.2) is 0 Å². The highest BCUT2D eigenvalue weighted by molar-refractivity contribution is 5.85. The van der Waals surface area contributed by atoms with Gasteiger partial charge in [-0.05, 0) is 0 Å². The predicted octanol–water partition coefficient (Wildman–Crippen LogP) is 2.19. The van der Waals surface area contributed by atoms with Crippen molar-refractivity contribution < 1.29 is 0 Å². The minimum Gasteiger partial charge on any atom is -0.344 e. The van der Waals surface area contributed by atoms with Gasteiger partial charge in [-0.2, -0.15) is 0 Å². The molecule has 0 bridgehead atoms. The van der Waals surface area contributed by atoms with Crippen LogP contribution >= 0.6 is 12.4 Å². The van der Waals surface area contributed by atoms with Gasteiger partial charge in [-0.3, -0.25) is 0 Å². The van der Waals surface area contributed by atoms with Crippen molar-refractivity contribution in [1.29, 1.82) is 0 Å². The van der Waals surface area contributed by atoms with Gasteiger partial charge in [0.15, 0.2) is 0 Å². The van der Waals surface area contributed by atoms with Gasteiger partial charge >= 0.3 is 0 Å². The maximum absolute atomic E-state index is 3.00. The molecule has 0 unspecified atom stereocenters. The van der Waals surface area contributed by atoms with E-state index in [0.717, 1.165) is 0 Å². The van der Waals surface area contributed by atoms with Crippen LogP contribution in [0.4, 0.5) is 0 Å². The summed E-state index contributed by atoms with van der Waals surface area (Å²) in [5.41, 5.74) is 0. The molecule has 0 aromatic carbocycles. The minimum atomic E-state index is 0. The molecule has 0 aliphatic carbocycles. The lowest BCUT2D eigenvalue weighted by Gasteiger charge is -0.813. The van der Waals surface area contributed by atoms with E-state index in [-0.39, 0.29) is 18.6 Å². The van der Waals surface area contributed by atoms with Crippen LogP contribution in [0, 0.1) is 0 Å². The Hall–Kier alpha value is -0.270. The molecule has 0 radical (unpaired) electrons. The maximum atomic E-state index is 3.00. The summed E-state index contributed by atoms with van der Waals surface area (Å²) in [4.78, 5) is 0. The Morgan fingerprint density at radius 2 is 0.667 bits per heavy atom. The molecule has 0 saturated heterocycles. The molecule has 0 aliphatic heterocycles. The lowest BCUT2D eigenvalue weighted by Crippen LogP contribution is -0.552. The zero-order valence-corrected chi connectivity index (χ0v) is 4.76. The van der Waals surface area contributed by atoms with Crippen molar-refractivity contribution in [2.75, 3.05) is 0 Å². The van der Waals surface area contributed by atoms with Gasteiger partial charge in [0.2, 0.25) is 0 Å². The third-order valence-electron chi connectivity index (χ3n) is 0. The smallest absolute Gasteiger partial charge is 0.106 e. The van der Waals surface area contributed by atoms with Crippen LogP contribution in [-0.2, 0) is 0 Å². The van der Waals surface area contributed by atoms with E-state index >= 15 is 0 Å². The summed E-state index contributed by atoms with van der Waals surface area (Å²) in [5.74, 6) is 0. The molecule has 0 aromatic heterocycles. The molecule has 40 valence electrons. The molecule has 0 saturated carbocycles. The maximum Gasteiger partial charge on any atom is -0.106 e. The van der Waals surface area contributed by atoms with Crippen molar-refractivity contribution in [1.82, 2.24) is 6.15 Å². The lowest BCUT2D eigenvalue weighted by molar-refractivity contribution is 2.13. The number of rotatable bonds is 0. The zero-order chi connectivity index (χ0) is 4.00. The third-order valence-corrected chi connectivity index (χ3v) is 0. The average Bonchev–Trinajstić information content (AvgIpc) is 1.50. The van der Waals surface area contributed by atoms with Crippen molar-refractivity contribution in [2.45, 2.75) is 0 Å². The number of hydrogen-bond acceptors (Lipinski definition) is 1. The normalized spacial score (nSPS) is 1.33. The van der Waals surface area contributed by atoms with E-state index in [1.165, 1.54) is 0 Å². The molecule has 0 atom stereocenters. The van der Waals surface area contributed by atoms with Crippen LogP contribution in [0.5, 0.6) is 0 Å². The van der Waals surface area contributed by atoms with Gasteiger partial charge in [-0.15, -0.1) is 38.7 Å². The molecule has 0 fully saturated rings. The SMILES string of the molecule is C=C.C=C.Cl.N. The summed E-state index contributed by atoms with van der Waals surface area (Å²) in [6, 6.07) is 0. The van der Waals surface area contributed by atoms with Gasteiger partial charge in [0.1, 0.15) is 0 Å². The Balaban J connectivity index is -0.00000000500. The second-order valence-corrected chi connectivity index (χ2v) is 0. The first-order valence-corrected chi connectivity index (χ1v) is 1.000. The zero-order valence-electron chi connectivity index (χ0n) is 3.94. The molecule has 0 amide bonds. The minimum absolute atomic E-state index is 0. The van der Waals surface area contributed by atoms with Gasteiger partial charge in [-0.1, -0.05) is 0 Å². The van der Waals surface area contributed by atoms with Crippen LogP contribution in [0.1, 0.15) is 0 Å². The van der Waals surface area contributed by atoms with Crippen LogP contribution in [0.3, 0.4) is 0 Å². The Labute approximate surface area is 45.7 Å². The summed E-state index contributed by atoms with van der Waals surface area (Å²) in [6.07, 6.45) is 0. The molecule has 6 heavy (non-hydrogen) atoms. The fourth-order valence-corrected chi connectivity index (χ4v) is 0.